The molecule has 4 fully saturated rings. The van der Waals surface area contributed by atoms with Crippen molar-refractivity contribution in [3.63, 3.8) is 0 Å². The minimum Gasteiger partial charge on any atom is -0.457 e. The van der Waals surface area contributed by atoms with Gasteiger partial charge in [0.05, 0.1) is 78.5 Å². The van der Waals surface area contributed by atoms with Gasteiger partial charge in [0.2, 0.25) is 0 Å². The summed E-state index contributed by atoms with van der Waals surface area (Å²) in [5.74, 6) is -1.40. The van der Waals surface area contributed by atoms with Crippen molar-refractivity contribution in [1.82, 2.24) is 0 Å². The van der Waals surface area contributed by atoms with Crippen molar-refractivity contribution < 1.29 is 76.0 Å². The second kappa shape index (κ2) is 24.1. The number of esters is 4. The molecule has 4 saturated heterocycles. The van der Waals surface area contributed by atoms with Crippen LogP contribution < -0.4 is 0 Å². The lowest BCUT2D eigenvalue weighted by atomic mass is 10.2. The summed E-state index contributed by atoms with van der Waals surface area (Å²) in [5, 5.41) is 0. The highest BCUT2D eigenvalue weighted by Crippen LogP contribution is 2.19. The van der Waals surface area contributed by atoms with E-state index in [1.807, 2.05) is 41.5 Å². The van der Waals surface area contributed by atoms with Crippen LogP contribution in [0.4, 0.5) is 0 Å². The number of ether oxygens (including phenoxy) is 12. The Morgan fingerprint density at radius 3 is 0.885 bits per heavy atom. The predicted molar refractivity (Wildman–Crippen MR) is 180 cm³/mol. The fourth-order valence-corrected chi connectivity index (χ4v) is 5.29. The highest BCUT2D eigenvalue weighted by Gasteiger charge is 2.30. The second-order valence-electron chi connectivity index (χ2n) is 13.8. The average molecular weight is 749 g/mol. The van der Waals surface area contributed by atoms with E-state index < -0.39 is 48.3 Å². The molecule has 4 aliphatic heterocycles. The van der Waals surface area contributed by atoms with Gasteiger partial charge in [0.1, 0.15) is 24.4 Å². The van der Waals surface area contributed by atoms with Crippen molar-refractivity contribution in [3.8, 4) is 0 Å². The zero-order valence-corrected chi connectivity index (χ0v) is 31.6. The van der Waals surface area contributed by atoms with Crippen LogP contribution in [0, 0.1) is 11.8 Å². The maximum Gasteiger partial charge on any atom is 0.306 e. The summed E-state index contributed by atoms with van der Waals surface area (Å²) >= 11 is 0. The summed E-state index contributed by atoms with van der Waals surface area (Å²) < 4.78 is 64.8. The van der Waals surface area contributed by atoms with E-state index in [4.69, 9.17) is 56.8 Å². The third-order valence-corrected chi connectivity index (χ3v) is 8.05. The maximum absolute atomic E-state index is 11.9. The van der Waals surface area contributed by atoms with Gasteiger partial charge >= 0.3 is 23.9 Å². The molecule has 0 aromatic carbocycles. The van der Waals surface area contributed by atoms with E-state index in [-0.39, 0.29) is 62.7 Å². The van der Waals surface area contributed by atoms with Crippen LogP contribution in [0.2, 0.25) is 0 Å². The van der Waals surface area contributed by atoms with E-state index in [0.717, 1.165) is 25.7 Å². The molecule has 0 bridgehead atoms. The van der Waals surface area contributed by atoms with E-state index in [1.165, 1.54) is 0 Å². The van der Waals surface area contributed by atoms with E-state index in [9.17, 15) is 19.2 Å². The van der Waals surface area contributed by atoms with Crippen LogP contribution in [-0.4, -0.2) is 126 Å². The van der Waals surface area contributed by atoms with Gasteiger partial charge in [0, 0.05) is 11.8 Å². The van der Waals surface area contributed by atoms with Crippen LogP contribution in [0.5, 0.6) is 0 Å². The first-order valence-electron chi connectivity index (χ1n) is 18.7. The monoisotopic (exact) mass is 748 g/mol. The Bertz CT molecular complexity index is 955. The van der Waals surface area contributed by atoms with Gasteiger partial charge < -0.3 is 56.8 Å². The van der Waals surface area contributed by atoms with Crippen molar-refractivity contribution in [3.05, 3.63) is 0 Å². The quantitative estimate of drug-likeness (QED) is 0.165. The first kappa shape index (κ1) is 44.0. The average Bonchev–Trinajstić information content (AvgIpc) is 3.12. The third-order valence-electron chi connectivity index (χ3n) is 8.05. The third kappa shape index (κ3) is 17.1. The Kier molecular flexibility index (Phi) is 20.3. The fraction of sp³-hybridized carbons (Fsp3) is 0.889. The molecule has 0 atom stereocenters. The van der Waals surface area contributed by atoms with Crippen molar-refractivity contribution >= 4 is 23.9 Å². The molecule has 4 heterocycles. The van der Waals surface area contributed by atoms with Gasteiger partial charge in [0.15, 0.2) is 25.2 Å². The second-order valence-corrected chi connectivity index (χ2v) is 13.8. The molecule has 0 amide bonds. The summed E-state index contributed by atoms with van der Waals surface area (Å²) in [5.41, 5.74) is 0. The Morgan fingerprint density at radius 2 is 0.673 bits per heavy atom. The van der Waals surface area contributed by atoms with Gasteiger partial charge in [-0.2, -0.15) is 0 Å². The molecule has 52 heavy (non-hydrogen) atoms. The highest BCUT2D eigenvalue weighted by atomic mass is 16.7. The van der Waals surface area contributed by atoms with Crippen molar-refractivity contribution in [2.75, 3.05) is 52.9 Å². The molecule has 0 saturated carbocycles. The molecule has 300 valence electrons. The van der Waals surface area contributed by atoms with Gasteiger partial charge in [-0.05, 0) is 12.8 Å². The van der Waals surface area contributed by atoms with Crippen molar-refractivity contribution in [2.45, 2.75) is 142 Å². The highest BCUT2D eigenvalue weighted by molar-refractivity contribution is 5.78. The standard InChI is InChI=1S/2C18H30O8/c1-11(2)17-21-7-13(8-22-17)25-15(19)5-6-16(20)26-14-9-23-18(12(3)4)24-10-14;1-3-5-17-21-9-13(10-22-17)25-15(19)7-8-16(20)26-14-11-23-18(6-4-2)24-12-14/h11-14,17-18H,5-10H2,1-4H3;13-14,17-18H,3-12H2,1-2H3. The number of hydrogen-bond donors (Lipinski definition) is 0. The Hall–Kier alpha value is -2.44. The molecule has 0 aromatic rings. The van der Waals surface area contributed by atoms with Crippen LogP contribution in [0.25, 0.3) is 0 Å². The lowest BCUT2D eigenvalue weighted by molar-refractivity contribution is -0.241. The minimum absolute atomic E-state index is 0.0411. The Balaban J connectivity index is 0.000000280. The predicted octanol–water partition coefficient (Wildman–Crippen LogP) is 3.58. The van der Waals surface area contributed by atoms with Gasteiger partial charge in [-0.3, -0.25) is 19.2 Å². The molecule has 0 spiro atoms. The molecular weight excluding hydrogens is 688 g/mol. The lowest BCUT2D eigenvalue weighted by Crippen LogP contribution is -2.41. The summed E-state index contributed by atoms with van der Waals surface area (Å²) in [6.45, 7) is 14.5. The van der Waals surface area contributed by atoms with Crippen LogP contribution in [0.3, 0.4) is 0 Å². The largest absolute Gasteiger partial charge is 0.457 e. The van der Waals surface area contributed by atoms with E-state index in [2.05, 4.69) is 0 Å². The summed E-state index contributed by atoms with van der Waals surface area (Å²) in [6.07, 6.45) is 0.669. The van der Waals surface area contributed by atoms with Crippen LogP contribution >= 0.6 is 0 Å². The Morgan fingerprint density at radius 1 is 0.442 bits per heavy atom. The first-order chi connectivity index (χ1) is 24.9. The summed E-state index contributed by atoms with van der Waals surface area (Å²) in [6, 6.07) is 0. The van der Waals surface area contributed by atoms with Crippen LogP contribution in [0.1, 0.15) is 92.9 Å². The molecule has 16 heteroatoms. The normalized spacial score (nSPS) is 29.4. The Labute approximate surface area is 307 Å². The maximum atomic E-state index is 11.9. The number of carbonyl (C=O) groups is 4. The molecule has 0 N–H and O–H groups in total. The zero-order valence-electron chi connectivity index (χ0n) is 31.6. The molecule has 4 rings (SSSR count). The number of carbonyl (C=O) groups excluding carboxylic acids is 4. The minimum atomic E-state index is -0.474. The van der Waals surface area contributed by atoms with Crippen molar-refractivity contribution in [1.29, 1.82) is 0 Å². The van der Waals surface area contributed by atoms with Gasteiger partial charge in [-0.1, -0.05) is 54.4 Å². The molecule has 0 aliphatic carbocycles. The smallest absolute Gasteiger partial charge is 0.306 e. The topological polar surface area (TPSA) is 179 Å². The lowest BCUT2D eigenvalue weighted by Gasteiger charge is -2.31. The van der Waals surface area contributed by atoms with E-state index >= 15 is 0 Å². The molecule has 0 unspecified atom stereocenters. The SMILES string of the molecule is CC(C)C1OCC(OC(=O)CCC(=O)OC2COC(C(C)C)OC2)CO1.CCCC1OCC(OC(=O)CCC(=O)OC2COC(CCC)OC2)CO1. The van der Waals surface area contributed by atoms with Crippen molar-refractivity contribution in [2.24, 2.45) is 11.8 Å². The molecule has 0 radical (unpaired) electrons. The van der Waals surface area contributed by atoms with Crippen LogP contribution in [0.15, 0.2) is 0 Å². The van der Waals surface area contributed by atoms with Gasteiger partial charge in [0.25, 0.3) is 0 Å². The summed E-state index contributed by atoms with van der Waals surface area (Å²) in [4.78, 5) is 47.4. The first-order valence-corrected chi connectivity index (χ1v) is 18.7. The molecular formula is C36H60O16. The number of rotatable bonds is 16. The summed E-state index contributed by atoms with van der Waals surface area (Å²) in [7, 11) is 0. The fourth-order valence-electron chi connectivity index (χ4n) is 5.29. The van der Waals surface area contributed by atoms with E-state index in [1.54, 1.807) is 0 Å². The van der Waals surface area contributed by atoms with Crippen LogP contribution in [-0.2, 0) is 76.0 Å². The zero-order chi connectivity index (χ0) is 37.9. The van der Waals surface area contributed by atoms with Gasteiger partial charge in [-0.15, -0.1) is 0 Å². The van der Waals surface area contributed by atoms with Gasteiger partial charge in [-0.25, -0.2) is 0 Å². The molecule has 4 aliphatic rings. The number of hydrogen-bond acceptors (Lipinski definition) is 16. The van der Waals surface area contributed by atoms with E-state index in [0.29, 0.717) is 52.9 Å². The molecule has 16 nitrogen and oxygen atoms in total. The molecule has 0 aromatic heterocycles.